The van der Waals surface area contributed by atoms with Crippen molar-refractivity contribution in [1.82, 2.24) is 19.7 Å². The summed E-state index contributed by atoms with van der Waals surface area (Å²) < 4.78 is 1.69. The molecule has 20 heavy (non-hydrogen) atoms. The number of aromatic nitrogens is 4. The molecule has 4 rings (SSSR count). The lowest BCUT2D eigenvalue weighted by atomic mass is 9.68. The Hall–Kier alpha value is -2.11. The molecule has 1 saturated heterocycles. The van der Waals surface area contributed by atoms with Gasteiger partial charge in [-0.15, -0.1) is 0 Å². The number of hydrogen-bond donors (Lipinski definition) is 1. The largest absolute Gasteiger partial charge is 0.393 e. The van der Waals surface area contributed by atoms with Gasteiger partial charge in [0, 0.05) is 25.5 Å². The normalized spacial score (nSPS) is 20.3. The Morgan fingerprint density at radius 3 is 2.65 bits per heavy atom. The van der Waals surface area contributed by atoms with Crippen molar-refractivity contribution in [1.29, 1.82) is 0 Å². The summed E-state index contributed by atoms with van der Waals surface area (Å²) in [5.41, 5.74) is 7.42. The standard InChI is InChI=1S/C14H18N6/c15-11-12(19-8-5-14(9-19)3-1-4-14)16-10-17-13(11)20-7-2-6-18-20/h2,6-7,10H,1,3-5,8-9,15H2. The molecule has 2 aromatic rings. The summed E-state index contributed by atoms with van der Waals surface area (Å²) in [5.74, 6) is 1.52. The number of nitrogens with zero attached hydrogens (tertiary/aromatic N) is 5. The second kappa shape index (κ2) is 4.19. The van der Waals surface area contributed by atoms with Crippen LogP contribution in [0.4, 0.5) is 11.5 Å². The minimum absolute atomic E-state index is 0.531. The Morgan fingerprint density at radius 2 is 2.00 bits per heavy atom. The topological polar surface area (TPSA) is 72.9 Å². The first-order chi connectivity index (χ1) is 9.77. The average molecular weight is 270 g/mol. The lowest BCUT2D eigenvalue weighted by Crippen LogP contribution is -2.33. The molecule has 1 aliphatic carbocycles. The van der Waals surface area contributed by atoms with Crippen molar-refractivity contribution in [3.05, 3.63) is 24.8 Å². The van der Waals surface area contributed by atoms with E-state index >= 15 is 0 Å². The zero-order valence-electron chi connectivity index (χ0n) is 11.4. The van der Waals surface area contributed by atoms with Crippen LogP contribution in [0.3, 0.4) is 0 Å². The van der Waals surface area contributed by atoms with Crippen molar-refractivity contribution in [2.75, 3.05) is 23.7 Å². The molecule has 3 heterocycles. The fourth-order valence-electron chi connectivity index (χ4n) is 3.41. The Bertz CT molecular complexity index is 617. The van der Waals surface area contributed by atoms with Crippen molar-refractivity contribution in [2.24, 2.45) is 5.41 Å². The van der Waals surface area contributed by atoms with Crippen LogP contribution in [0.5, 0.6) is 0 Å². The molecular weight excluding hydrogens is 252 g/mol. The highest BCUT2D eigenvalue weighted by Gasteiger charge is 2.43. The molecule has 1 saturated carbocycles. The fraction of sp³-hybridized carbons (Fsp3) is 0.500. The number of hydrogen-bond acceptors (Lipinski definition) is 5. The lowest BCUT2D eigenvalue weighted by molar-refractivity contribution is 0.165. The van der Waals surface area contributed by atoms with Gasteiger partial charge in [0.1, 0.15) is 12.0 Å². The number of rotatable bonds is 2. The number of nitrogen functional groups attached to an aromatic ring is 1. The Kier molecular flexibility index (Phi) is 2.45. The third-order valence-electron chi connectivity index (χ3n) is 4.72. The van der Waals surface area contributed by atoms with Gasteiger partial charge < -0.3 is 10.6 Å². The molecule has 0 atom stereocenters. The van der Waals surface area contributed by atoms with Gasteiger partial charge in [-0.1, -0.05) is 6.42 Å². The highest BCUT2D eigenvalue weighted by molar-refractivity contribution is 5.70. The summed E-state index contributed by atoms with van der Waals surface area (Å²) in [4.78, 5) is 11.0. The van der Waals surface area contributed by atoms with Gasteiger partial charge in [-0.25, -0.2) is 14.6 Å². The van der Waals surface area contributed by atoms with Gasteiger partial charge in [-0.05, 0) is 30.7 Å². The molecule has 0 amide bonds. The molecule has 2 fully saturated rings. The molecule has 2 aromatic heterocycles. The van der Waals surface area contributed by atoms with E-state index in [9.17, 15) is 0 Å². The minimum Gasteiger partial charge on any atom is -0.393 e. The Balaban J connectivity index is 1.67. The highest BCUT2D eigenvalue weighted by atomic mass is 15.3. The van der Waals surface area contributed by atoms with E-state index in [1.807, 2.05) is 12.3 Å². The van der Waals surface area contributed by atoms with Gasteiger partial charge >= 0.3 is 0 Å². The van der Waals surface area contributed by atoms with Crippen LogP contribution in [0, 0.1) is 5.41 Å². The van der Waals surface area contributed by atoms with Gasteiger partial charge in [0.15, 0.2) is 11.6 Å². The molecule has 6 nitrogen and oxygen atoms in total. The predicted molar refractivity (Wildman–Crippen MR) is 76.7 cm³/mol. The molecule has 0 bridgehead atoms. The molecule has 1 spiro atoms. The summed E-state index contributed by atoms with van der Waals surface area (Å²) in [7, 11) is 0. The van der Waals surface area contributed by atoms with Crippen LogP contribution < -0.4 is 10.6 Å². The molecule has 0 radical (unpaired) electrons. The maximum atomic E-state index is 6.27. The first kappa shape index (κ1) is 11.7. The highest BCUT2D eigenvalue weighted by Crippen LogP contribution is 2.49. The summed E-state index contributed by atoms with van der Waals surface area (Å²) in [6.45, 7) is 2.12. The minimum atomic E-state index is 0.531. The second-order valence-electron chi connectivity index (χ2n) is 5.91. The average Bonchev–Trinajstić information content (AvgIpc) is 3.08. The van der Waals surface area contributed by atoms with E-state index in [-0.39, 0.29) is 0 Å². The SMILES string of the molecule is Nc1c(N2CCC3(CCC3)C2)ncnc1-n1cccn1. The lowest BCUT2D eigenvalue weighted by Gasteiger charge is -2.38. The van der Waals surface area contributed by atoms with E-state index in [0.29, 0.717) is 16.9 Å². The van der Waals surface area contributed by atoms with Crippen LogP contribution in [0.2, 0.25) is 0 Å². The number of nitrogens with two attached hydrogens (primary N) is 1. The third-order valence-corrected chi connectivity index (χ3v) is 4.72. The van der Waals surface area contributed by atoms with Crippen LogP contribution in [0.25, 0.3) is 5.82 Å². The summed E-state index contributed by atoms with van der Waals surface area (Å²) >= 11 is 0. The van der Waals surface area contributed by atoms with E-state index in [1.165, 1.54) is 25.7 Å². The predicted octanol–water partition coefficient (Wildman–Crippen LogP) is 1.62. The summed E-state index contributed by atoms with van der Waals surface area (Å²) in [6.07, 6.45) is 10.5. The van der Waals surface area contributed by atoms with Gasteiger partial charge in [0.2, 0.25) is 0 Å². The smallest absolute Gasteiger partial charge is 0.181 e. The fourth-order valence-corrected chi connectivity index (χ4v) is 3.41. The molecule has 2 N–H and O–H groups in total. The molecular formula is C14H18N6. The van der Waals surface area contributed by atoms with E-state index in [1.54, 1.807) is 17.2 Å². The van der Waals surface area contributed by atoms with Gasteiger partial charge in [-0.2, -0.15) is 5.10 Å². The van der Waals surface area contributed by atoms with Crippen molar-refractivity contribution in [3.8, 4) is 5.82 Å². The van der Waals surface area contributed by atoms with Crippen molar-refractivity contribution >= 4 is 11.5 Å². The monoisotopic (exact) mass is 270 g/mol. The molecule has 104 valence electrons. The van der Waals surface area contributed by atoms with Crippen molar-refractivity contribution in [2.45, 2.75) is 25.7 Å². The van der Waals surface area contributed by atoms with Crippen molar-refractivity contribution in [3.63, 3.8) is 0 Å². The van der Waals surface area contributed by atoms with E-state index in [0.717, 1.165) is 18.9 Å². The zero-order chi connectivity index (χ0) is 13.6. The van der Waals surface area contributed by atoms with Gasteiger partial charge in [0.05, 0.1) is 0 Å². The first-order valence-electron chi connectivity index (χ1n) is 7.13. The third kappa shape index (κ3) is 1.67. The van der Waals surface area contributed by atoms with Gasteiger partial charge in [0.25, 0.3) is 0 Å². The van der Waals surface area contributed by atoms with Crippen LogP contribution in [0.15, 0.2) is 24.8 Å². The van der Waals surface area contributed by atoms with E-state index in [4.69, 9.17) is 5.73 Å². The molecule has 0 unspecified atom stereocenters. The molecule has 0 aromatic carbocycles. The quantitative estimate of drug-likeness (QED) is 0.897. The zero-order valence-corrected chi connectivity index (χ0v) is 11.4. The van der Waals surface area contributed by atoms with Gasteiger partial charge in [-0.3, -0.25) is 0 Å². The van der Waals surface area contributed by atoms with Crippen LogP contribution in [-0.2, 0) is 0 Å². The van der Waals surface area contributed by atoms with Crippen LogP contribution >= 0.6 is 0 Å². The molecule has 6 heteroatoms. The van der Waals surface area contributed by atoms with Crippen LogP contribution in [-0.4, -0.2) is 32.8 Å². The van der Waals surface area contributed by atoms with E-state index < -0.39 is 0 Å². The Morgan fingerprint density at radius 1 is 1.15 bits per heavy atom. The second-order valence-corrected chi connectivity index (χ2v) is 5.91. The maximum Gasteiger partial charge on any atom is 0.181 e. The van der Waals surface area contributed by atoms with E-state index in [2.05, 4.69) is 20.0 Å². The van der Waals surface area contributed by atoms with Crippen LogP contribution in [0.1, 0.15) is 25.7 Å². The number of anilines is 2. The summed E-state index contributed by atoms with van der Waals surface area (Å²) in [5, 5.41) is 4.20. The summed E-state index contributed by atoms with van der Waals surface area (Å²) in [6, 6.07) is 1.86. The molecule has 1 aliphatic heterocycles. The van der Waals surface area contributed by atoms with Crippen molar-refractivity contribution < 1.29 is 0 Å². The Labute approximate surface area is 117 Å². The maximum absolute atomic E-state index is 6.27. The first-order valence-corrected chi connectivity index (χ1v) is 7.13. The molecule has 2 aliphatic rings.